The SMILES string of the molecule is C=C(C)CC.CC(=O)CN(C(C)=O)c1cc([N+](=O)[O-])ccc1C.CC(=O)Cl.CC(=O)N1CC(C)(C)c2ccc(N)cc21.CC(=O)N1CC(C)(C)c2ccc([N+](=O)[O-])cc21.CC(=O)Nc1cc([N+](=O)[O-])ccc1C.CC(=O)OOC(C)=O.CC1(C)CNc2cc([N+](=O)[O-])ccc21.Cc1ccc([N+](=O)[O-])cc1N.Cl.[Pd]. The van der Waals surface area contributed by atoms with Crippen molar-refractivity contribution in [2.24, 2.45) is 0 Å². The van der Waals surface area contributed by atoms with Crippen molar-refractivity contribution in [3.8, 4) is 0 Å². The first-order valence-corrected chi connectivity index (χ1v) is 32.7. The van der Waals surface area contributed by atoms with E-state index in [4.69, 9.17) is 11.5 Å². The Morgan fingerprint density at radius 1 is 0.546 bits per heavy atom. The van der Waals surface area contributed by atoms with Crippen molar-refractivity contribution < 1.29 is 93.2 Å². The van der Waals surface area contributed by atoms with Crippen molar-refractivity contribution >= 4 is 139 Å². The second kappa shape index (κ2) is 44.7. The Morgan fingerprint density at radius 3 is 1.29 bits per heavy atom. The molecule has 32 nitrogen and oxygen atoms in total. The van der Waals surface area contributed by atoms with Crippen LogP contribution in [0.1, 0.15) is 151 Å². The number of nitrogen functional groups attached to an aromatic ring is 2. The summed E-state index contributed by atoms with van der Waals surface area (Å²) in [6.07, 6.45) is 1.11. The van der Waals surface area contributed by atoms with Gasteiger partial charge in [0, 0.05) is 188 Å². The molecule has 0 unspecified atom stereocenters. The van der Waals surface area contributed by atoms with Crippen LogP contribution in [0.5, 0.6) is 0 Å². The molecule has 6 aromatic rings. The summed E-state index contributed by atoms with van der Waals surface area (Å²) in [6, 6.07) is 28.5. The van der Waals surface area contributed by atoms with Gasteiger partial charge in [-0.25, -0.2) is 19.4 Å². The number of anilines is 7. The van der Waals surface area contributed by atoms with Gasteiger partial charge in [-0.3, -0.25) is 79.3 Å². The molecule has 0 radical (unpaired) electrons. The van der Waals surface area contributed by atoms with E-state index in [0.29, 0.717) is 40.5 Å². The van der Waals surface area contributed by atoms with Crippen molar-refractivity contribution in [2.75, 3.05) is 63.0 Å². The van der Waals surface area contributed by atoms with Gasteiger partial charge in [-0.15, -0.1) is 19.0 Å². The number of hydrogen-bond acceptors (Lipinski definition) is 23. The number of non-ortho nitro benzene ring substituents is 5. The van der Waals surface area contributed by atoms with Crippen molar-refractivity contribution in [1.29, 1.82) is 0 Å². The molecule has 0 bridgehead atoms. The zero-order valence-corrected chi connectivity index (χ0v) is 66.8. The molecule has 0 aromatic heterocycles. The summed E-state index contributed by atoms with van der Waals surface area (Å²) in [4.78, 5) is 148. The second-order valence-electron chi connectivity index (χ2n) is 26.1. The van der Waals surface area contributed by atoms with Crippen molar-refractivity contribution in [3.05, 3.63) is 205 Å². The number of allylic oxidation sites excluding steroid dienone is 1. The number of benzene rings is 6. The summed E-state index contributed by atoms with van der Waals surface area (Å²) in [6.45, 7) is 38.4. The van der Waals surface area contributed by atoms with Crippen LogP contribution < -0.4 is 36.8 Å². The molecule has 108 heavy (non-hydrogen) atoms. The third-order valence-electron chi connectivity index (χ3n) is 15.3. The van der Waals surface area contributed by atoms with Gasteiger partial charge >= 0.3 is 11.9 Å². The number of nitrogens with two attached hydrogens (primary N) is 2. The number of rotatable bonds is 10. The second-order valence-corrected chi connectivity index (χ2v) is 26.7. The van der Waals surface area contributed by atoms with E-state index in [0.717, 1.165) is 67.0 Å². The van der Waals surface area contributed by atoms with Crippen molar-refractivity contribution in [3.63, 3.8) is 0 Å². The Morgan fingerprint density at radius 2 is 0.907 bits per heavy atom. The molecule has 0 saturated heterocycles. The molecule has 0 fully saturated rings. The molecule has 0 spiro atoms. The zero-order chi connectivity index (χ0) is 81.8. The Kier molecular flexibility index (Phi) is 41.0. The number of ketones is 1. The number of carbonyl (C=O) groups excluding carboxylic acids is 8. The minimum atomic E-state index is -0.639. The van der Waals surface area contributed by atoms with E-state index in [1.165, 1.54) is 99.2 Å². The van der Waals surface area contributed by atoms with E-state index in [1.54, 1.807) is 73.9 Å². The fraction of sp³-hybridized carbons (Fsp3) is 0.370. The van der Waals surface area contributed by atoms with Crippen molar-refractivity contribution in [1.82, 2.24) is 0 Å². The number of carbonyl (C=O) groups is 8. The first kappa shape index (κ1) is 98.9. The number of nitro groups is 5. The van der Waals surface area contributed by atoms with Gasteiger partial charge in [0.25, 0.3) is 28.4 Å². The predicted molar refractivity (Wildman–Crippen MR) is 414 cm³/mol. The summed E-state index contributed by atoms with van der Waals surface area (Å²) in [7, 11) is 0. The van der Waals surface area contributed by atoms with Crippen molar-refractivity contribution in [2.45, 2.75) is 154 Å². The molecule has 3 aliphatic heterocycles. The summed E-state index contributed by atoms with van der Waals surface area (Å²) < 4.78 is 0. The first-order chi connectivity index (χ1) is 48.8. The normalized spacial score (nSPS) is 12.4. The Bertz CT molecular complexity index is 4290. The van der Waals surface area contributed by atoms with Gasteiger partial charge < -0.3 is 36.8 Å². The van der Waals surface area contributed by atoms with Crippen LogP contribution in [0.15, 0.2) is 121 Å². The summed E-state index contributed by atoms with van der Waals surface area (Å²) in [5, 5.41) is 58.0. The molecule has 6 aromatic carbocycles. The minimum absolute atomic E-state index is 0. The summed E-state index contributed by atoms with van der Waals surface area (Å²) >= 11 is 4.64. The van der Waals surface area contributed by atoms with E-state index in [2.05, 4.69) is 73.2 Å². The number of halogens is 2. The molecular formula is C73H94Cl2N12O20Pd. The van der Waals surface area contributed by atoms with Gasteiger partial charge in [0.1, 0.15) is 5.78 Å². The van der Waals surface area contributed by atoms with Crippen LogP contribution >= 0.6 is 24.0 Å². The number of aryl methyl sites for hydroxylation is 3. The molecule has 3 aliphatic rings. The van der Waals surface area contributed by atoms with Gasteiger partial charge in [-0.1, -0.05) is 78.3 Å². The Hall–Kier alpha value is -11.1. The van der Waals surface area contributed by atoms with E-state index >= 15 is 0 Å². The molecule has 4 amide bonds. The smallest absolute Gasteiger partial charge is 0.352 e. The average molecular weight is 1640 g/mol. The Labute approximate surface area is 651 Å². The van der Waals surface area contributed by atoms with E-state index in [9.17, 15) is 88.9 Å². The molecule has 0 aliphatic carbocycles. The molecule has 3 heterocycles. The topological polar surface area (TPSA) is 457 Å². The van der Waals surface area contributed by atoms with Crippen LogP contribution in [0.4, 0.5) is 68.2 Å². The molecular weight excluding hydrogens is 1540 g/mol. The van der Waals surface area contributed by atoms with Gasteiger partial charge in [0.2, 0.25) is 28.9 Å². The van der Waals surface area contributed by atoms with Gasteiger partial charge in [0.05, 0.1) is 48.2 Å². The molecule has 590 valence electrons. The predicted octanol–water partition coefficient (Wildman–Crippen LogP) is 14.8. The number of nitrogens with zero attached hydrogens (tertiary/aromatic N) is 8. The maximum Gasteiger partial charge on any atom is 0.352 e. The number of fused-ring (bicyclic) bond motifs is 3. The van der Waals surface area contributed by atoms with E-state index < -0.39 is 31.6 Å². The van der Waals surface area contributed by atoms with E-state index in [1.807, 2.05) is 45.0 Å². The van der Waals surface area contributed by atoms with Gasteiger partial charge in [-0.05, 0) is 110 Å². The van der Waals surface area contributed by atoms with Crippen LogP contribution in [0.3, 0.4) is 0 Å². The van der Waals surface area contributed by atoms with Gasteiger partial charge in [-0.2, -0.15) is 0 Å². The minimum Gasteiger partial charge on any atom is -0.399 e. The molecule has 35 heteroatoms. The number of nitrogens with one attached hydrogen (secondary N) is 2. The largest absolute Gasteiger partial charge is 0.399 e. The van der Waals surface area contributed by atoms with Crippen LogP contribution in [0.25, 0.3) is 0 Å². The first-order valence-electron chi connectivity index (χ1n) is 32.3. The maximum absolute atomic E-state index is 11.5. The van der Waals surface area contributed by atoms with Gasteiger partial charge in [0.15, 0.2) is 0 Å². The standard InChI is InChI=1S/C12H14N2O4.C12H14N2O3.C12H16N2O.C10H12N2O2.C9H10N2O3.C7H8N2O2.C5H10.C4H6O4.C2H3ClO.ClH.Pd/c1-8-4-5-11(14(17)18)6-12(8)13(10(3)16)7-9(2)15;1-8(15)13-7-12(2,3)10-5-4-9(14(16)17)6-11(10)13;1-8(15)14-7-12(2,3)10-5-4-9(13)6-11(10)14;1-10(2)6-11-9-5-7(12(13)14)3-4-8(9)10;1-6-3-4-8(11(13)14)5-9(6)10-7(2)12;1-5-2-3-6(9(10)11)4-7(5)8;1-4-5(2)3;1-3(5)7-8-4(2)6;1-2(3)4;;/h4-6H,7H2,1-3H3;4-6H,7H2,1-3H3;4-6H,7,13H2,1-3H3;3-5,11H,6H2,1-2H3;3-5H,1-2H3,(H,10,12);2-4H,8H2,1H3;2,4H2,1,3H3;1-2H3;1H3;1H;. The Balaban J connectivity index is 0. The summed E-state index contributed by atoms with van der Waals surface area (Å²) in [5.74, 6) is -2.04. The zero-order valence-electron chi connectivity index (χ0n) is 63.6. The quantitative estimate of drug-likeness (QED) is 0.0188. The monoisotopic (exact) mass is 1630 g/mol. The van der Waals surface area contributed by atoms with Crippen LogP contribution in [0.2, 0.25) is 0 Å². The fourth-order valence-corrected chi connectivity index (χ4v) is 9.76. The number of amides is 4. The maximum atomic E-state index is 11.5. The molecule has 0 saturated carbocycles. The van der Waals surface area contributed by atoms with E-state index in [-0.39, 0.29) is 124 Å². The third kappa shape index (κ3) is 32.7. The number of hydrogen-bond donors (Lipinski definition) is 4. The number of Topliss-reactive ketones (excluding diaryl/α,β-unsaturated/α-hetero) is 1. The number of nitro benzene ring substituents is 5. The summed E-state index contributed by atoms with van der Waals surface area (Å²) in [5.41, 5.74) is 22.7. The molecule has 0 atom stereocenters. The molecule has 6 N–H and O–H groups in total. The van der Waals surface area contributed by atoms with Crippen LogP contribution in [-0.2, 0) is 84.8 Å². The van der Waals surface area contributed by atoms with Crippen LogP contribution in [-0.4, -0.2) is 97.4 Å². The molecule has 9 rings (SSSR count). The fourth-order valence-electron chi connectivity index (χ4n) is 9.76. The third-order valence-corrected chi connectivity index (χ3v) is 15.3. The van der Waals surface area contributed by atoms with Crippen LogP contribution in [0, 0.1) is 71.3 Å². The average Bonchev–Trinajstić information content (AvgIpc) is 1.61.